The van der Waals surface area contributed by atoms with Gasteiger partial charge in [0.25, 0.3) is 0 Å². The zero-order valence-corrected chi connectivity index (χ0v) is 11.1. The lowest BCUT2D eigenvalue weighted by atomic mass is 10.0. The van der Waals surface area contributed by atoms with Crippen molar-refractivity contribution in [2.45, 2.75) is 6.92 Å². The number of carbonyl (C=O) groups is 1. The first-order chi connectivity index (χ1) is 9.97. The Morgan fingerprint density at radius 2 is 1.81 bits per heavy atom. The molecule has 0 unspecified atom stereocenters. The minimum atomic E-state index is -0.477. The lowest BCUT2D eigenvalue weighted by molar-refractivity contribution is 0.101. The highest BCUT2D eigenvalue weighted by molar-refractivity contribution is 6.16. The van der Waals surface area contributed by atoms with Gasteiger partial charge in [0.15, 0.2) is 5.76 Å². The molecule has 1 heterocycles. The van der Waals surface area contributed by atoms with Gasteiger partial charge in [0.2, 0.25) is 5.78 Å². The Hall–Kier alpha value is -2.82. The molecule has 1 aliphatic rings. The highest BCUT2D eigenvalue weighted by Gasteiger charge is 2.33. The number of phenolic OH excluding ortho intramolecular Hbond substituents is 2. The molecular weight excluding hydrogens is 275 g/mol. The first-order valence-electron chi connectivity index (χ1n) is 6.22. The first-order valence-corrected chi connectivity index (χ1v) is 6.22. The number of ketones is 1. The summed E-state index contributed by atoms with van der Waals surface area (Å²) in [7, 11) is 0. The van der Waals surface area contributed by atoms with E-state index in [1.54, 1.807) is 6.92 Å². The van der Waals surface area contributed by atoms with E-state index in [1.165, 1.54) is 30.3 Å². The molecule has 4 nitrogen and oxygen atoms in total. The van der Waals surface area contributed by atoms with E-state index in [9.17, 15) is 19.4 Å². The van der Waals surface area contributed by atoms with E-state index >= 15 is 0 Å². The van der Waals surface area contributed by atoms with Crippen LogP contribution in [0.15, 0.2) is 36.1 Å². The molecule has 0 aliphatic carbocycles. The molecule has 0 radical (unpaired) electrons. The number of Topliss-reactive ketones (excluding diaryl/α,β-unsaturated/α-hetero) is 1. The monoisotopic (exact) mass is 286 g/mol. The molecular formula is C16H11FO4. The largest absolute Gasteiger partial charge is 0.507 e. The average molecular weight is 286 g/mol. The Labute approximate surface area is 119 Å². The van der Waals surface area contributed by atoms with Gasteiger partial charge in [-0.1, -0.05) is 12.1 Å². The Kier molecular flexibility index (Phi) is 2.90. The topological polar surface area (TPSA) is 66.8 Å². The van der Waals surface area contributed by atoms with Gasteiger partial charge >= 0.3 is 0 Å². The SMILES string of the molecule is Cc1c(O)cc(O)c2c1O/C(=C\c1ccc(F)cc1)C2=O. The fraction of sp³-hybridized carbons (Fsp3) is 0.0625. The van der Waals surface area contributed by atoms with E-state index in [2.05, 4.69) is 0 Å². The van der Waals surface area contributed by atoms with E-state index in [4.69, 9.17) is 4.74 Å². The van der Waals surface area contributed by atoms with Gasteiger partial charge in [0.1, 0.15) is 28.6 Å². The number of fused-ring (bicyclic) bond motifs is 1. The maximum atomic E-state index is 12.9. The molecule has 21 heavy (non-hydrogen) atoms. The number of halogens is 1. The molecule has 2 aromatic carbocycles. The number of aromatic hydroxyl groups is 2. The predicted molar refractivity (Wildman–Crippen MR) is 73.8 cm³/mol. The van der Waals surface area contributed by atoms with Gasteiger partial charge in [-0.15, -0.1) is 0 Å². The average Bonchev–Trinajstić information content (AvgIpc) is 2.77. The van der Waals surface area contributed by atoms with Crippen LogP contribution in [0.1, 0.15) is 21.5 Å². The first kappa shape index (κ1) is 13.2. The van der Waals surface area contributed by atoms with Crippen molar-refractivity contribution < 1.29 is 24.1 Å². The summed E-state index contributed by atoms with van der Waals surface area (Å²) < 4.78 is 18.3. The zero-order valence-electron chi connectivity index (χ0n) is 11.1. The summed E-state index contributed by atoms with van der Waals surface area (Å²) >= 11 is 0. The van der Waals surface area contributed by atoms with Crippen LogP contribution >= 0.6 is 0 Å². The zero-order chi connectivity index (χ0) is 15.1. The minimum absolute atomic E-state index is 0.0145. The van der Waals surface area contributed by atoms with Crippen molar-refractivity contribution in [1.82, 2.24) is 0 Å². The van der Waals surface area contributed by atoms with Gasteiger partial charge in [0, 0.05) is 11.6 Å². The Bertz CT molecular complexity index is 776. The van der Waals surface area contributed by atoms with Crippen LogP contribution in [0.3, 0.4) is 0 Å². The van der Waals surface area contributed by atoms with Crippen LogP contribution in [0.25, 0.3) is 6.08 Å². The molecule has 0 amide bonds. The van der Waals surface area contributed by atoms with Gasteiger partial charge in [0.05, 0.1) is 0 Å². The van der Waals surface area contributed by atoms with Crippen molar-refractivity contribution in [3.8, 4) is 17.2 Å². The molecule has 3 rings (SSSR count). The number of hydrogen-bond donors (Lipinski definition) is 2. The van der Waals surface area contributed by atoms with Crippen LogP contribution in [0.2, 0.25) is 0 Å². The molecule has 0 saturated heterocycles. The lowest BCUT2D eigenvalue weighted by Gasteiger charge is -2.05. The highest BCUT2D eigenvalue weighted by Crippen LogP contribution is 2.44. The fourth-order valence-corrected chi connectivity index (χ4v) is 2.16. The van der Waals surface area contributed by atoms with Gasteiger partial charge in [-0.25, -0.2) is 4.39 Å². The van der Waals surface area contributed by atoms with Crippen LogP contribution in [-0.4, -0.2) is 16.0 Å². The third-order valence-corrected chi connectivity index (χ3v) is 3.31. The smallest absolute Gasteiger partial charge is 0.235 e. The van der Waals surface area contributed by atoms with E-state index in [0.29, 0.717) is 11.1 Å². The van der Waals surface area contributed by atoms with Crippen molar-refractivity contribution in [1.29, 1.82) is 0 Å². The third kappa shape index (κ3) is 2.12. The summed E-state index contributed by atoms with van der Waals surface area (Å²) in [5, 5.41) is 19.4. The van der Waals surface area contributed by atoms with Crippen molar-refractivity contribution in [2.75, 3.05) is 0 Å². The van der Waals surface area contributed by atoms with Crippen molar-refractivity contribution >= 4 is 11.9 Å². The van der Waals surface area contributed by atoms with Crippen LogP contribution in [-0.2, 0) is 0 Å². The van der Waals surface area contributed by atoms with Gasteiger partial charge in [-0.3, -0.25) is 4.79 Å². The van der Waals surface area contributed by atoms with E-state index < -0.39 is 5.78 Å². The minimum Gasteiger partial charge on any atom is -0.507 e. The predicted octanol–water partition coefficient (Wildman–Crippen LogP) is 3.16. The number of benzene rings is 2. The second-order valence-electron chi connectivity index (χ2n) is 4.74. The Balaban J connectivity index is 2.06. The Morgan fingerprint density at radius 1 is 1.14 bits per heavy atom. The summed E-state index contributed by atoms with van der Waals surface area (Å²) in [5.41, 5.74) is 0.992. The number of ether oxygens (including phenoxy) is 1. The van der Waals surface area contributed by atoms with E-state index in [1.807, 2.05) is 0 Å². The quantitative estimate of drug-likeness (QED) is 0.790. The summed E-state index contributed by atoms with van der Waals surface area (Å²) in [6, 6.07) is 6.66. The van der Waals surface area contributed by atoms with Gasteiger partial charge < -0.3 is 14.9 Å². The van der Waals surface area contributed by atoms with Crippen LogP contribution in [0.4, 0.5) is 4.39 Å². The Morgan fingerprint density at radius 3 is 2.48 bits per heavy atom. The normalized spacial score (nSPS) is 15.1. The molecule has 0 fully saturated rings. The van der Waals surface area contributed by atoms with Crippen molar-refractivity contribution in [3.05, 3.63) is 58.6 Å². The van der Waals surface area contributed by atoms with Crippen LogP contribution < -0.4 is 4.74 Å². The van der Waals surface area contributed by atoms with Crippen molar-refractivity contribution in [3.63, 3.8) is 0 Å². The number of allylic oxidation sites excluding steroid dienone is 1. The number of phenols is 2. The van der Waals surface area contributed by atoms with Gasteiger partial charge in [-0.2, -0.15) is 0 Å². The molecule has 0 bridgehead atoms. The maximum Gasteiger partial charge on any atom is 0.235 e. The maximum absolute atomic E-state index is 12.9. The molecule has 2 aromatic rings. The molecule has 0 saturated carbocycles. The van der Waals surface area contributed by atoms with Crippen LogP contribution in [0.5, 0.6) is 17.2 Å². The summed E-state index contributed by atoms with van der Waals surface area (Å²) in [6.45, 7) is 1.59. The summed E-state index contributed by atoms with van der Waals surface area (Å²) in [4.78, 5) is 12.2. The van der Waals surface area contributed by atoms with E-state index in [0.717, 1.165) is 6.07 Å². The fourth-order valence-electron chi connectivity index (χ4n) is 2.16. The molecule has 2 N–H and O–H groups in total. The number of rotatable bonds is 1. The number of carbonyl (C=O) groups excluding carboxylic acids is 1. The molecule has 5 heteroatoms. The molecule has 0 aromatic heterocycles. The van der Waals surface area contributed by atoms with E-state index in [-0.39, 0.29) is 34.4 Å². The molecule has 0 atom stereocenters. The molecule has 1 aliphatic heterocycles. The van der Waals surface area contributed by atoms with Crippen LogP contribution in [0, 0.1) is 12.7 Å². The molecule has 106 valence electrons. The molecule has 0 spiro atoms. The second-order valence-corrected chi connectivity index (χ2v) is 4.74. The summed E-state index contributed by atoms with van der Waals surface area (Å²) in [5.74, 6) is -1.18. The lowest BCUT2D eigenvalue weighted by Crippen LogP contribution is -1.98. The van der Waals surface area contributed by atoms with Gasteiger partial charge in [-0.05, 0) is 30.7 Å². The second kappa shape index (κ2) is 4.63. The third-order valence-electron chi connectivity index (χ3n) is 3.31. The summed E-state index contributed by atoms with van der Waals surface area (Å²) in [6.07, 6.45) is 1.46. The standard InChI is InChI=1S/C16H11FO4/c1-8-11(18)7-12(19)14-15(20)13(21-16(8)14)6-9-2-4-10(17)5-3-9/h2-7,18-19H,1H3/b13-6-. The highest BCUT2D eigenvalue weighted by atomic mass is 19.1. The van der Waals surface area contributed by atoms with Crippen molar-refractivity contribution in [2.24, 2.45) is 0 Å². The number of hydrogen-bond acceptors (Lipinski definition) is 4.